The van der Waals surface area contributed by atoms with E-state index in [-0.39, 0.29) is 0 Å². The van der Waals surface area contributed by atoms with E-state index in [1.807, 2.05) is 36.7 Å². The van der Waals surface area contributed by atoms with Gasteiger partial charge in [0.05, 0.1) is 38.3 Å². The van der Waals surface area contributed by atoms with Gasteiger partial charge >= 0.3 is 0 Å². The number of aryl methyl sites for hydroxylation is 4. The molecule has 0 spiro atoms. The number of hydrogen-bond donors (Lipinski definition) is 2. The maximum Gasteiger partial charge on any atom is 0.127 e. The van der Waals surface area contributed by atoms with Crippen LogP contribution >= 0.6 is 0 Å². The Labute approximate surface area is 194 Å². The van der Waals surface area contributed by atoms with Crippen LogP contribution in [0.2, 0.25) is 0 Å². The Hall–Kier alpha value is -3.74. The fourth-order valence-corrected chi connectivity index (χ4v) is 3.94. The molecule has 2 N–H and O–H groups in total. The first kappa shape index (κ1) is 22.5. The van der Waals surface area contributed by atoms with Crippen molar-refractivity contribution in [2.24, 2.45) is 0 Å². The van der Waals surface area contributed by atoms with Crippen molar-refractivity contribution in [3.8, 4) is 23.0 Å². The van der Waals surface area contributed by atoms with E-state index < -0.39 is 0 Å². The lowest BCUT2D eigenvalue weighted by atomic mass is 10.1. The van der Waals surface area contributed by atoms with E-state index >= 15 is 0 Å². The van der Waals surface area contributed by atoms with Gasteiger partial charge in [-0.2, -0.15) is 0 Å². The van der Waals surface area contributed by atoms with Crippen molar-refractivity contribution >= 4 is 0 Å². The first-order chi connectivity index (χ1) is 16.2. The summed E-state index contributed by atoms with van der Waals surface area (Å²) in [5.41, 5.74) is 4.38. The average Bonchev–Trinajstić information content (AvgIpc) is 3.54. The van der Waals surface area contributed by atoms with Gasteiger partial charge in [-0.25, -0.2) is 9.97 Å². The van der Waals surface area contributed by atoms with Gasteiger partial charge in [0.15, 0.2) is 0 Å². The minimum atomic E-state index is 0.790. The molecule has 7 heteroatoms. The summed E-state index contributed by atoms with van der Waals surface area (Å²) in [6.07, 6.45) is 12.9. The molecular weight excluding hydrogens is 416 g/mol. The van der Waals surface area contributed by atoms with Gasteiger partial charge in [-0.05, 0) is 86.1 Å². The number of benzene rings is 2. The Bertz CT molecular complexity index is 1030. The lowest BCUT2D eigenvalue weighted by Gasteiger charge is -2.14. The fourth-order valence-electron chi connectivity index (χ4n) is 3.94. The number of ether oxygens (including phenoxy) is 3. The molecule has 172 valence electrons. The van der Waals surface area contributed by atoms with Crippen LogP contribution in [0.5, 0.6) is 23.0 Å². The second-order valence-corrected chi connectivity index (χ2v) is 7.88. The number of methoxy groups -OCH3 is 2. The van der Waals surface area contributed by atoms with Crippen LogP contribution in [0.1, 0.15) is 35.4 Å². The minimum absolute atomic E-state index is 0.790. The molecule has 0 atom stereocenters. The standard InChI is InChI=1S/C26H30N4O3/c1-31-25-11-9-23(13-19(25)5-3-7-21-15-27-17-29-21)33-24-10-12-26(32-2)20(14-24)6-4-8-22-16-28-18-30-22/h9-18H,3-8H2,1-2H3,(H,27,29)(H,28,30). The van der Waals surface area contributed by atoms with E-state index in [9.17, 15) is 0 Å². The lowest BCUT2D eigenvalue weighted by Crippen LogP contribution is -1.97. The number of aromatic amines is 2. The molecule has 0 aliphatic carbocycles. The Morgan fingerprint density at radius 3 is 1.55 bits per heavy atom. The largest absolute Gasteiger partial charge is 0.496 e. The molecule has 0 amide bonds. The maximum atomic E-state index is 6.22. The van der Waals surface area contributed by atoms with Crippen LogP contribution in [0.25, 0.3) is 0 Å². The fraction of sp³-hybridized carbons (Fsp3) is 0.308. The van der Waals surface area contributed by atoms with Crippen molar-refractivity contribution in [1.82, 2.24) is 19.9 Å². The lowest BCUT2D eigenvalue weighted by molar-refractivity contribution is 0.404. The predicted octanol–water partition coefficient (Wildman–Crippen LogP) is 5.29. The second kappa shape index (κ2) is 11.2. The van der Waals surface area contributed by atoms with E-state index in [0.29, 0.717) is 0 Å². The molecule has 4 rings (SSSR count). The summed E-state index contributed by atoms with van der Waals surface area (Å²) in [7, 11) is 3.40. The van der Waals surface area contributed by atoms with Crippen LogP contribution in [0.3, 0.4) is 0 Å². The summed E-state index contributed by atoms with van der Waals surface area (Å²) in [4.78, 5) is 14.6. The van der Waals surface area contributed by atoms with E-state index in [2.05, 4.69) is 32.1 Å². The Morgan fingerprint density at radius 1 is 0.667 bits per heavy atom. The normalized spacial score (nSPS) is 10.8. The molecular formula is C26H30N4O3. The zero-order valence-corrected chi connectivity index (χ0v) is 19.1. The molecule has 0 aliphatic heterocycles. The molecule has 2 heterocycles. The molecule has 0 aliphatic rings. The zero-order valence-electron chi connectivity index (χ0n) is 19.1. The summed E-state index contributed by atoms with van der Waals surface area (Å²) in [5.74, 6) is 3.33. The second-order valence-electron chi connectivity index (χ2n) is 7.88. The van der Waals surface area contributed by atoms with Gasteiger partial charge in [-0.15, -0.1) is 0 Å². The molecule has 0 fully saturated rings. The summed E-state index contributed by atoms with van der Waals surface area (Å²) in [6.45, 7) is 0. The Morgan fingerprint density at radius 2 is 1.15 bits per heavy atom. The number of aromatic nitrogens is 4. The van der Waals surface area contributed by atoms with Crippen molar-refractivity contribution in [2.45, 2.75) is 38.5 Å². The number of H-pyrrole nitrogens is 2. The number of nitrogens with zero attached hydrogens (tertiary/aromatic N) is 2. The van der Waals surface area contributed by atoms with Gasteiger partial charge in [0.25, 0.3) is 0 Å². The molecule has 7 nitrogen and oxygen atoms in total. The third-order valence-corrected chi connectivity index (χ3v) is 5.61. The van der Waals surface area contributed by atoms with E-state index in [1.54, 1.807) is 26.9 Å². The van der Waals surface area contributed by atoms with Gasteiger partial charge in [0, 0.05) is 12.4 Å². The van der Waals surface area contributed by atoms with Crippen molar-refractivity contribution in [3.63, 3.8) is 0 Å². The molecule has 0 unspecified atom stereocenters. The third kappa shape index (κ3) is 6.16. The van der Waals surface area contributed by atoms with E-state index in [1.165, 1.54) is 0 Å². The van der Waals surface area contributed by atoms with Gasteiger partial charge < -0.3 is 24.2 Å². The highest BCUT2D eigenvalue weighted by molar-refractivity contribution is 5.45. The van der Waals surface area contributed by atoms with Crippen molar-refractivity contribution in [2.75, 3.05) is 14.2 Å². The SMILES string of the molecule is COc1ccc(Oc2ccc(OC)c(CCCc3c[nH]cn3)c2)cc1CCCc1c[nH]cn1. The number of hydrogen-bond acceptors (Lipinski definition) is 5. The minimum Gasteiger partial charge on any atom is -0.496 e. The van der Waals surface area contributed by atoms with Crippen molar-refractivity contribution in [3.05, 3.63) is 84.0 Å². The first-order valence-electron chi connectivity index (χ1n) is 11.2. The summed E-state index contributed by atoms with van der Waals surface area (Å²) in [5, 5.41) is 0. The maximum absolute atomic E-state index is 6.22. The van der Waals surface area contributed by atoms with Crippen molar-refractivity contribution < 1.29 is 14.2 Å². The smallest absolute Gasteiger partial charge is 0.127 e. The summed E-state index contributed by atoms with van der Waals surface area (Å²) >= 11 is 0. The first-order valence-corrected chi connectivity index (χ1v) is 11.2. The van der Waals surface area contributed by atoms with E-state index in [4.69, 9.17) is 14.2 Å². The third-order valence-electron chi connectivity index (χ3n) is 5.61. The topological polar surface area (TPSA) is 85.0 Å². The van der Waals surface area contributed by atoms with Gasteiger partial charge in [0.2, 0.25) is 0 Å². The van der Waals surface area contributed by atoms with Crippen LogP contribution in [-0.2, 0) is 25.7 Å². The number of nitrogens with one attached hydrogen (secondary N) is 2. The monoisotopic (exact) mass is 446 g/mol. The average molecular weight is 447 g/mol. The molecule has 0 saturated heterocycles. The molecule has 2 aromatic heterocycles. The van der Waals surface area contributed by atoms with Gasteiger partial charge in [-0.1, -0.05) is 0 Å². The predicted molar refractivity (Wildman–Crippen MR) is 127 cm³/mol. The summed E-state index contributed by atoms with van der Waals surface area (Å²) < 4.78 is 17.3. The molecule has 33 heavy (non-hydrogen) atoms. The highest BCUT2D eigenvalue weighted by Gasteiger charge is 2.10. The number of rotatable bonds is 12. The molecule has 0 radical (unpaired) electrons. The Kier molecular flexibility index (Phi) is 7.64. The van der Waals surface area contributed by atoms with Crippen LogP contribution in [0.15, 0.2) is 61.4 Å². The zero-order chi connectivity index (χ0) is 22.9. The summed E-state index contributed by atoms with van der Waals surface area (Å²) in [6, 6.07) is 11.9. The highest BCUT2D eigenvalue weighted by Crippen LogP contribution is 2.32. The highest BCUT2D eigenvalue weighted by atomic mass is 16.5. The molecule has 4 aromatic rings. The molecule has 2 aromatic carbocycles. The van der Waals surface area contributed by atoms with Crippen LogP contribution in [-0.4, -0.2) is 34.2 Å². The van der Waals surface area contributed by atoms with Crippen LogP contribution in [0.4, 0.5) is 0 Å². The quantitative estimate of drug-likeness (QED) is 0.309. The Balaban J connectivity index is 1.42. The molecule has 0 saturated carbocycles. The van der Waals surface area contributed by atoms with Gasteiger partial charge in [0.1, 0.15) is 23.0 Å². The van der Waals surface area contributed by atoms with E-state index in [0.717, 1.165) is 84.0 Å². The van der Waals surface area contributed by atoms with Crippen molar-refractivity contribution in [1.29, 1.82) is 0 Å². The van der Waals surface area contributed by atoms with Gasteiger partial charge in [-0.3, -0.25) is 0 Å². The molecule has 0 bridgehead atoms. The van der Waals surface area contributed by atoms with Crippen LogP contribution < -0.4 is 14.2 Å². The van der Waals surface area contributed by atoms with Crippen LogP contribution in [0, 0.1) is 0 Å². The number of imidazole rings is 2.